The van der Waals surface area contributed by atoms with Gasteiger partial charge in [-0.25, -0.2) is 9.97 Å². The number of methoxy groups -OCH3 is 2. The molecule has 0 aromatic carbocycles. The minimum Gasteiger partial charge on any atom is -0.383 e. The Labute approximate surface area is 183 Å². The molecule has 3 heterocycles. The molecule has 1 atom stereocenters. The van der Waals surface area contributed by atoms with Crippen molar-refractivity contribution in [3.8, 4) is 0 Å². The van der Waals surface area contributed by atoms with Crippen molar-refractivity contribution in [2.24, 2.45) is 5.92 Å². The van der Waals surface area contributed by atoms with Crippen molar-refractivity contribution >= 4 is 27.4 Å². The van der Waals surface area contributed by atoms with E-state index in [-0.39, 0.29) is 0 Å². The van der Waals surface area contributed by atoms with Gasteiger partial charge < -0.3 is 24.0 Å². The number of hydrogen-bond donors (Lipinski definition) is 1. The van der Waals surface area contributed by atoms with Crippen molar-refractivity contribution in [1.82, 2.24) is 9.97 Å². The Morgan fingerprint density at radius 2 is 1.87 bits per heavy atom. The third-order valence-electron chi connectivity index (χ3n) is 6.22. The van der Waals surface area contributed by atoms with Crippen LogP contribution in [-0.4, -0.2) is 76.8 Å². The largest absolute Gasteiger partial charge is 0.383 e. The maximum atomic E-state index is 5.53. The molecule has 1 aliphatic carbocycles. The lowest BCUT2D eigenvalue weighted by atomic mass is 9.89. The van der Waals surface area contributed by atoms with Crippen molar-refractivity contribution in [1.29, 1.82) is 0 Å². The maximum Gasteiger partial charge on any atom is 0.187 e. The van der Waals surface area contributed by atoms with Crippen molar-refractivity contribution in [2.75, 3.05) is 71.7 Å². The van der Waals surface area contributed by atoms with Gasteiger partial charge >= 0.3 is 0 Å². The van der Waals surface area contributed by atoms with Gasteiger partial charge in [0.15, 0.2) is 5.82 Å². The van der Waals surface area contributed by atoms with Gasteiger partial charge in [0.05, 0.1) is 31.8 Å². The first kappa shape index (κ1) is 21.9. The number of anilines is 1. The smallest absolute Gasteiger partial charge is 0.187 e. The van der Waals surface area contributed by atoms with E-state index in [1.807, 2.05) is 11.3 Å². The second kappa shape index (κ2) is 10.3. The Morgan fingerprint density at radius 1 is 1.13 bits per heavy atom. The Bertz CT molecular complexity index is 829. The molecule has 8 heteroatoms. The highest BCUT2D eigenvalue weighted by Gasteiger charge is 2.27. The molecule has 0 saturated carbocycles. The molecule has 7 nitrogen and oxygen atoms in total. The summed E-state index contributed by atoms with van der Waals surface area (Å²) in [5.41, 5.74) is 1.48. The van der Waals surface area contributed by atoms with Crippen molar-refractivity contribution < 1.29 is 19.1 Å². The second-order valence-corrected chi connectivity index (χ2v) is 9.59. The molecule has 1 fully saturated rings. The number of aryl methyl sites for hydroxylation is 1. The Morgan fingerprint density at radius 3 is 2.57 bits per heavy atom. The molecule has 2 aliphatic rings. The molecule has 0 amide bonds. The first-order valence-corrected chi connectivity index (χ1v) is 12.0. The molecule has 4 rings (SSSR count). The minimum absolute atomic E-state index is 0.669. The van der Waals surface area contributed by atoms with E-state index in [0.29, 0.717) is 13.2 Å². The number of morpholine rings is 1. The lowest BCUT2D eigenvalue weighted by Crippen LogP contribution is -3.12. The van der Waals surface area contributed by atoms with E-state index in [1.165, 1.54) is 27.1 Å². The van der Waals surface area contributed by atoms with Gasteiger partial charge in [-0.15, -0.1) is 11.3 Å². The molecule has 0 radical (unpaired) electrons. The standard InChI is InChI=1S/C22H34N4O3S/c1-16-4-5-17-18(14-16)30-22-20(17)21(26(8-10-27-2)9-11-28-3)23-19(24-22)15-25-6-12-29-13-7-25/h16H,4-15H2,1-3H3/p+1/t16-/m0/s1. The van der Waals surface area contributed by atoms with E-state index in [0.717, 1.165) is 81.2 Å². The number of fused-ring (bicyclic) bond motifs is 3. The molecule has 2 aromatic rings. The zero-order chi connectivity index (χ0) is 20.9. The van der Waals surface area contributed by atoms with E-state index in [4.69, 9.17) is 24.2 Å². The normalized spacial score (nSPS) is 19.9. The van der Waals surface area contributed by atoms with E-state index >= 15 is 0 Å². The van der Waals surface area contributed by atoms with Gasteiger partial charge in [0.25, 0.3) is 0 Å². The fourth-order valence-electron chi connectivity index (χ4n) is 4.46. The van der Waals surface area contributed by atoms with E-state index in [9.17, 15) is 0 Å². The number of thiophene rings is 1. The molecule has 0 bridgehead atoms. The van der Waals surface area contributed by atoms with Gasteiger partial charge in [0.2, 0.25) is 0 Å². The number of quaternary nitrogens is 1. The quantitative estimate of drug-likeness (QED) is 0.641. The van der Waals surface area contributed by atoms with Crippen LogP contribution in [-0.2, 0) is 33.6 Å². The van der Waals surface area contributed by atoms with Crippen LogP contribution in [0.3, 0.4) is 0 Å². The third kappa shape index (κ3) is 4.94. The zero-order valence-electron chi connectivity index (χ0n) is 18.5. The van der Waals surface area contributed by atoms with Crippen LogP contribution in [0, 0.1) is 5.92 Å². The number of nitrogens with one attached hydrogen (secondary N) is 1. The van der Waals surface area contributed by atoms with Crippen LogP contribution in [0.4, 0.5) is 5.82 Å². The summed E-state index contributed by atoms with van der Waals surface area (Å²) in [6.07, 6.45) is 3.54. The Hall–Kier alpha value is -1.32. The van der Waals surface area contributed by atoms with E-state index in [1.54, 1.807) is 14.2 Å². The van der Waals surface area contributed by atoms with Gasteiger partial charge in [0.1, 0.15) is 30.3 Å². The van der Waals surface area contributed by atoms with Gasteiger partial charge in [-0.05, 0) is 30.7 Å². The topological polar surface area (TPSA) is 61.2 Å². The monoisotopic (exact) mass is 435 g/mol. The second-order valence-electron chi connectivity index (χ2n) is 8.51. The predicted molar refractivity (Wildman–Crippen MR) is 120 cm³/mol. The predicted octanol–water partition coefficient (Wildman–Crippen LogP) is 1.33. The number of nitrogens with zero attached hydrogens (tertiary/aromatic N) is 3. The average molecular weight is 436 g/mol. The first-order chi connectivity index (χ1) is 14.7. The summed E-state index contributed by atoms with van der Waals surface area (Å²) in [6, 6.07) is 0. The van der Waals surface area contributed by atoms with E-state index < -0.39 is 0 Å². The van der Waals surface area contributed by atoms with Crippen LogP contribution in [0.2, 0.25) is 0 Å². The maximum absolute atomic E-state index is 5.53. The number of ether oxygens (including phenoxy) is 3. The molecular formula is C22H35N4O3S+. The summed E-state index contributed by atoms with van der Waals surface area (Å²) in [5, 5.41) is 1.27. The van der Waals surface area contributed by atoms with Crippen molar-refractivity contribution in [2.45, 2.75) is 32.7 Å². The molecule has 2 aromatic heterocycles. The van der Waals surface area contributed by atoms with Crippen LogP contribution >= 0.6 is 11.3 Å². The zero-order valence-corrected chi connectivity index (χ0v) is 19.4. The molecule has 166 valence electrons. The highest BCUT2D eigenvalue weighted by Crippen LogP contribution is 2.41. The number of hydrogen-bond acceptors (Lipinski definition) is 7. The molecule has 30 heavy (non-hydrogen) atoms. The van der Waals surface area contributed by atoms with Gasteiger partial charge in [-0.3, -0.25) is 0 Å². The van der Waals surface area contributed by atoms with Crippen molar-refractivity contribution in [3.05, 3.63) is 16.3 Å². The fourth-order valence-corrected chi connectivity index (χ4v) is 5.86. The Balaban J connectivity index is 1.74. The van der Waals surface area contributed by atoms with Crippen LogP contribution < -0.4 is 9.80 Å². The van der Waals surface area contributed by atoms with Gasteiger partial charge in [-0.1, -0.05) is 6.92 Å². The van der Waals surface area contributed by atoms with Gasteiger partial charge in [0, 0.05) is 32.2 Å². The summed E-state index contributed by atoms with van der Waals surface area (Å²) in [5.74, 6) is 2.77. The van der Waals surface area contributed by atoms with Crippen LogP contribution in [0.1, 0.15) is 29.6 Å². The highest BCUT2D eigenvalue weighted by atomic mass is 32.1. The molecule has 0 spiro atoms. The molecule has 1 saturated heterocycles. The SMILES string of the molecule is COCCN(CCOC)c1nc(C[NH+]2CCOCC2)nc2sc3c(c12)CC[C@H](C)C3. The summed E-state index contributed by atoms with van der Waals surface area (Å²) < 4.78 is 16.3. The summed E-state index contributed by atoms with van der Waals surface area (Å²) in [7, 11) is 3.51. The number of aromatic nitrogens is 2. The Kier molecular flexibility index (Phi) is 7.54. The van der Waals surface area contributed by atoms with Crippen molar-refractivity contribution in [3.63, 3.8) is 0 Å². The molecule has 1 N–H and O–H groups in total. The molecule has 0 unspecified atom stereocenters. The fraction of sp³-hybridized carbons (Fsp3) is 0.727. The van der Waals surface area contributed by atoms with E-state index in [2.05, 4.69) is 11.8 Å². The van der Waals surface area contributed by atoms with Crippen LogP contribution in [0.5, 0.6) is 0 Å². The number of rotatable bonds is 9. The molecule has 1 aliphatic heterocycles. The molecular weight excluding hydrogens is 400 g/mol. The van der Waals surface area contributed by atoms with Crippen LogP contribution in [0.15, 0.2) is 0 Å². The summed E-state index contributed by atoms with van der Waals surface area (Å²) >= 11 is 1.88. The minimum atomic E-state index is 0.669. The van der Waals surface area contributed by atoms with Crippen LogP contribution in [0.25, 0.3) is 10.2 Å². The summed E-state index contributed by atoms with van der Waals surface area (Å²) in [4.78, 5) is 16.7. The lowest BCUT2D eigenvalue weighted by Gasteiger charge is -2.26. The first-order valence-electron chi connectivity index (χ1n) is 11.1. The third-order valence-corrected chi connectivity index (χ3v) is 7.37. The average Bonchev–Trinajstić information content (AvgIpc) is 3.11. The van der Waals surface area contributed by atoms with Gasteiger partial charge in [-0.2, -0.15) is 0 Å². The lowest BCUT2D eigenvalue weighted by molar-refractivity contribution is -0.922. The highest BCUT2D eigenvalue weighted by molar-refractivity contribution is 7.19. The summed E-state index contributed by atoms with van der Waals surface area (Å²) in [6.45, 7) is 9.84.